The molecule has 0 aliphatic carbocycles. The third kappa shape index (κ3) is 2.66. The minimum Gasteiger partial charge on any atom is -0.489 e. The number of hydrogen-bond donors (Lipinski definition) is 3. The van der Waals surface area contributed by atoms with E-state index < -0.39 is 0 Å². The molecule has 0 saturated carbocycles. The Kier molecular flexibility index (Phi) is 3.80. The lowest BCUT2D eigenvalue weighted by Crippen LogP contribution is -2.30. The highest BCUT2D eigenvalue weighted by molar-refractivity contribution is 6.00. The summed E-state index contributed by atoms with van der Waals surface area (Å²) in [5, 5.41) is 0.948. The summed E-state index contributed by atoms with van der Waals surface area (Å²) in [4.78, 5) is 14.8. The van der Waals surface area contributed by atoms with Crippen LogP contribution in [0.3, 0.4) is 0 Å². The number of nitrogens with two attached hydrogens (primary N) is 1. The van der Waals surface area contributed by atoms with Gasteiger partial charge < -0.3 is 9.72 Å². The highest BCUT2D eigenvalue weighted by Crippen LogP contribution is 2.26. The van der Waals surface area contributed by atoms with Crippen LogP contribution >= 0.6 is 0 Å². The number of benzene rings is 2. The first-order valence-electron chi connectivity index (χ1n) is 6.99. The molecule has 0 fully saturated rings. The van der Waals surface area contributed by atoms with Crippen LogP contribution in [-0.4, -0.2) is 10.9 Å². The minimum absolute atomic E-state index is 0.333. The smallest absolute Gasteiger partial charge is 0.281 e. The molecule has 3 aromatic rings. The Labute approximate surface area is 128 Å². The molecule has 0 spiro atoms. The summed E-state index contributed by atoms with van der Waals surface area (Å²) < 4.78 is 5.81. The third-order valence-electron chi connectivity index (χ3n) is 3.64. The first-order valence-corrected chi connectivity index (χ1v) is 6.99. The van der Waals surface area contributed by atoms with E-state index in [1.165, 1.54) is 0 Å². The summed E-state index contributed by atoms with van der Waals surface area (Å²) in [5.74, 6) is 5.62. The van der Waals surface area contributed by atoms with E-state index in [4.69, 9.17) is 10.6 Å². The number of ether oxygens (including phenoxy) is 1. The van der Waals surface area contributed by atoms with Gasteiger partial charge in [-0.1, -0.05) is 30.3 Å². The third-order valence-corrected chi connectivity index (χ3v) is 3.64. The number of aromatic nitrogens is 1. The van der Waals surface area contributed by atoms with Gasteiger partial charge in [0.2, 0.25) is 0 Å². The number of carbonyl (C=O) groups excluding carboxylic acids is 1. The van der Waals surface area contributed by atoms with Crippen molar-refractivity contribution in [1.82, 2.24) is 10.4 Å². The fraction of sp³-hybridized carbons (Fsp3) is 0.118. The SMILES string of the molecule is Cc1c(C(=O)NN)[nH]c2ccc(OCc3ccccc3)cc12. The second-order valence-electron chi connectivity index (χ2n) is 5.08. The van der Waals surface area contributed by atoms with Crippen molar-refractivity contribution < 1.29 is 9.53 Å². The molecule has 0 aliphatic heterocycles. The van der Waals surface area contributed by atoms with E-state index in [0.717, 1.165) is 27.8 Å². The largest absolute Gasteiger partial charge is 0.489 e. The lowest BCUT2D eigenvalue weighted by atomic mass is 10.1. The molecule has 1 amide bonds. The number of H-pyrrole nitrogens is 1. The molecular formula is C17H17N3O2. The molecule has 0 saturated heterocycles. The van der Waals surface area contributed by atoms with Crippen molar-refractivity contribution in [1.29, 1.82) is 0 Å². The molecule has 1 heterocycles. The van der Waals surface area contributed by atoms with Gasteiger partial charge >= 0.3 is 0 Å². The standard InChI is InChI=1S/C17H17N3O2/c1-11-14-9-13(22-10-12-5-3-2-4-6-12)7-8-15(14)19-16(11)17(21)20-18/h2-9,19H,10,18H2,1H3,(H,20,21). The zero-order valence-electron chi connectivity index (χ0n) is 12.2. The fourth-order valence-electron chi connectivity index (χ4n) is 2.44. The van der Waals surface area contributed by atoms with Gasteiger partial charge in [-0.25, -0.2) is 5.84 Å². The van der Waals surface area contributed by atoms with E-state index in [0.29, 0.717) is 12.3 Å². The van der Waals surface area contributed by atoms with Crippen molar-refractivity contribution in [3.63, 3.8) is 0 Å². The van der Waals surface area contributed by atoms with Crippen molar-refractivity contribution >= 4 is 16.8 Å². The highest BCUT2D eigenvalue weighted by Gasteiger charge is 2.14. The van der Waals surface area contributed by atoms with Crippen molar-refractivity contribution in [3.05, 3.63) is 65.4 Å². The van der Waals surface area contributed by atoms with Gasteiger partial charge in [0.05, 0.1) is 0 Å². The van der Waals surface area contributed by atoms with E-state index in [1.54, 1.807) is 0 Å². The van der Waals surface area contributed by atoms with Gasteiger partial charge in [0.15, 0.2) is 0 Å². The van der Waals surface area contributed by atoms with E-state index in [-0.39, 0.29) is 5.91 Å². The van der Waals surface area contributed by atoms with Crippen LogP contribution in [0.4, 0.5) is 0 Å². The summed E-state index contributed by atoms with van der Waals surface area (Å²) in [6, 6.07) is 15.7. The van der Waals surface area contributed by atoms with Crippen molar-refractivity contribution in [2.24, 2.45) is 5.84 Å². The Bertz CT molecular complexity index is 809. The summed E-state index contributed by atoms with van der Waals surface area (Å²) >= 11 is 0. The topological polar surface area (TPSA) is 80.1 Å². The second-order valence-corrected chi connectivity index (χ2v) is 5.08. The molecule has 2 aromatic carbocycles. The maximum Gasteiger partial charge on any atom is 0.281 e. The van der Waals surface area contributed by atoms with E-state index in [1.807, 2.05) is 55.5 Å². The predicted molar refractivity (Wildman–Crippen MR) is 85.5 cm³/mol. The average Bonchev–Trinajstić information content (AvgIpc) is 2.90. The van der Waals surface area contributed by atoms with Crippen molar-refractivity contribution in [2.45, 2.75) is 13.5 Å². The van der Waals surface area contributed by atoms with Crippen LogP contribution in [0.5, 0.6) is 5.75 Å². The monoisotopic (exact) mass is 295 g/mol. The number of amides is 1. The number of hydrogen-bond acceptors (Lipinski definition) is 3. The van der Waals surface area contributed by atoms with Gasteiger partial charge in [0.25, 0.3) is 5.91 Å². The van der Waals surface area contributed by atoms with E-state index in [2.05, 4.69) is 10.4 Å². The van der Waals surface area contributed by atoms with Gasteiger partial charge in [0, 0.05) is 10.9 Å². The summed E-state index contributed by atoms with van der Waals surface area (Å²) in [5.41, 5.74) is 5.45. The quantitative estimate of drug-likeness (QED) is 0.393. The van der Waals surface area contributed by atoms with E-state index in [9.17, 15) is 4.79 Å². The van der Waals surface area contributed by atoms with Crippen LogP contribution in [-0.2, 0) is 6.61 Å². The van der Waals surface area contributed by atoms with Gasteiger partial charge in [0.1, 0.15) is 18.1 Å². The molecule has 0 aliphatic rings. The molecule has 0 unspecified atom stereocenters. The highest BCUT2D eigenvalue weighted by atomic mass is 16.5. The van der Waals surface area contributed by atoms with Crippen LogP contribution in [0.2, 0.25) is 0 Å². The first kappa shape index (κ1) is 14.2. The fourth-order valence-corrected chi connectivity index (χ4v) is 2.44. The van der Waals surface area contributed by atoms with Crippen LogP contribution in [0.1, 0.15) is 21.6 Å². The summed E-state index contributed by atoms with van der Waals surface area (Å²) in [6.45, 7) is 2.39. The maximum atomic E-state index is 11.7. The van der Waals surface area contributed by atoms with E-state index >= 15 is 0 Å². The number of rotatable bonds is 4. The molecule has 0 bridgehead atoms. The van der Waals surface area contributed by atoms with Crippen molar-refractivity contribution in [3.8, 4) is 5.75 Å². The molecule has 0 atom stereocenters. The average molecular weight is 295 g/mol. The first-order chi connectivity index (χ1) is 10.7. The Morgan fingerprint density at radius 3 is 2.73 bits per heavy atom. The molecule has 3 rings (SSSR count). The number of carbonyl (C=O) groups is 1. The van der Waals surface area contributed by atoms with Crippen LogP contribution in [0.15, 0.2) is 48.5 Å². The van der Waals surface area contributed by atoms with Crippen LogP contribution in [0.25, 0.3) is 10.9 Å². The van der Waals surface area contributed by atoms with Crippen LogP contribution in [0, 0.1) is 6.92 Å². The zero-order chi connectivity index (χ0) is 15.5. The van der Waals surface area contributed by atoms with Gasteiger partial charge in [-0.2, -0.15) is 0 Å². The molecule has 5 heteroatoms. The molecule has 22 heavy (non-hydrogen) atoms. The lowest BCUT2D eigenvalue weighted by molar-refractivity contribution is 0.0949. The Hall–Kier alpha value is -2.79. The molecule has 5 nitrogen and oxygen atoms in total. The summed E-state index contributed by atoms with van der Waals surface area (Å²) in [6.07, 6.45) is 0. The molecular weight excluding hydrogens is 278 g/mol. The number of aromatic amines is 1. The molecule has 4 N–H and O–H groups in total. The van der Waals surface area contributed by atoms with Crippen molar-refractivity contribution in [2.75, 3.05) is 0 Å². The normalized spacial score (nSPS) is 10.6. The minimum atomic E-state index is -0.333. The van der Waals surface area contributed by atoms with Gasteiger partial charge in [-0.3, -0.25) is 10.2 Å². The van der Waals surface area contributed by atoms with Gasteiger partial charge in [-0.05, 0) is 36.2 Å². The summed E-state index contributed by atoms with van der Waals surface area (Å²) in [7, 11) is 0. The maximum absolute atomic E-state index is 11.7. The number of nitrogen functional groups attached to an aromatic ring is 1. The number of fused-ring (bicyclic) bond motifs is 1. The molecule has 0 radical (unpaired) electrons. The Morgan fingerprint density at radius 2 is 2.00 bits per heavy atom. The Morgan fingerprint density at radius 1 is 1.23 bits per heavy atom. The Balaban J connectivity index is 1.86. The van der Waals surface area contributed by atoms with Crippen LogP contribution < -0.4 is 16.0 Å². The number of aryl methyl sites for hydroxylation is 1. The van der Waals surface area contributed by atoms with Gasteiger partial charge in [-0.15, -0.1) is 0 Å². The molecule has 112 valence electrons. The molecule has 1 aromatic heterocycles. The number of hydrazine groups is 1. The number of nitrogens with one attached hydrogen (secondary N) is 2. The zero-order valence-corrected chi connectivity index (χ0v) is 12.2. The second kappa shape index (κ2) is 5.91. The predicted octanol–water partition coefficient (Wildman–Crippen LogP) is 2.66. The lowest BCUT2D eigenvalue weighted by Gasteiger charge is -2.06.